The van der Waals surface area contributed by atoms with E-state index in [2.05, 4.69) is 62.6 Å². The molecule has 4 N–H and O–H groups in total. The summed E-state index contributed by atoms with van der Waals surface area (Å²) in [4.78, 5) is 28.4. The number of benzene rings is 2. The molecule has 222 valence electrons. The molecule has 44 heavy (non-hydrogen) atoms. The van der Waals surface area contributed by atoms with Crippen LogP contribution in [0.15, 0.2) is 84.6 Å². The SMILES string of the molecule is NC1(c2ccc(-c3nc4ccnc(-c5nc(-c6cncs6)n[nH]5)c4cc3-c3ccccc3)cc2)CCC1.O=C(O)C(F)(F)F. The van der Waals surface area contributed by atoms with E-state index in [0.29, 0.717) is 17.3 Å². The van der Waals surface area contributed by atoms with Crippen molar-refractivity contribution in [2.45, 2.75) is 31.0 Å². The fourth-order valence-corrected chi connectivity index (χ4v) is 5.51. The van der Waals surface area contributed by atoms with Gasteiger partial charge in [0, 0.05) is 34.4 Å². The molecule has 0 unspecified atom stereocenters. The first-order valence-corrected chi connectivity index (χ1v) is 14.4. The van der Waals surface area contributed by atoms with Gasteiger partial charge in [0.25, 0.3) is 0 Å². The summed E-state index contributed by atoms with van der Waals surface area (Å²) in [6.07, 6.45) is 1.72. The number of carbonyl (C=O) groups is 1. The highest BCUT2D eigenvalue weighted by molar-refractivity contribution is 7.13. The molecule has 0 spiro atoms. The molecule has 1 fully saturated rings. The van der Waals surface area contributed by atoms with Gasteiger partial charge in [-0.05, 0) is 42.5 Å². The van der Waals surface area contributed by atoms with Gasteiger partial charge in [-0.25, -0.2) is 14.8 Å². The predicted octanol–water partition coefficient (Wildman–Crippen LogP) is 6.84. The van der Waals surface area contributed by atoms with E-state index >= 15 is 0 Å². The minimum atomic E-state index is -5.08. The molecule has 0 bridgehead atoms. The summed E-state index contributed by atoms with van der Waals surface area (Å²) in [5, 5.41) is 15.5. The van der Waals surface area contributed by atoms with Crippen LogP contribution < -0.4 is 5.73 Å². The second kappa shape index (κ2) is 11.6. The molecule has 2 aromatic carbocycles. The summed E-state index contributed by atoms with van der Waals surface area (Å²) in [6, 6.07) is 23.0. The van der Waals surface area contributed by atoms with Crippen LogP contribution >= 0.6 is 11.3 Å². The Kier molecular flexibility index (Phi) is 7.66. The number of nitrogens with one attached hydrogen (secondary N) is 1. The largest absolute Gasteiger partial charge is 0.490 e. The van der Waals surface area contributed by atoms with Gasteiger partial charge in [-0.2, -0.15) is 18.3 Å². The Bertz CT molecular complexity index is 1920. The van der Waals surface area contributed by atoms with Crippen molar-refractivity contribution >= 4 is 28.2 Å². The van der Waals surface area contributed by atoms with Gasteiger partial charge in [-0.15, -0.1) is 11.3 Å². The molecule has 0 saturated heterocycles. The highest BCUT2D eigenvalue weighted by atomic mass is 32.1. The van der Waals surface area contributed by atoms with Crippen molar-refractivity contribution in [1.29, 1.82) is 0 Å². The van der Waals surface area contributed by atoms with Gasteiger partial charge in [-0.3, -0.25) is 15.1 Å². The van der Waals surface area contributed by atoms with Gasteiger partial charge in [0.05, 0.1) is 21.6 Å². The van der Waals surface area contributed by atoms with Gasteiger partial charge in [0.1, 0.15) is 5.69 Å². The minimum Gasteiger partial charge on any atom is -0.475 e. The number of hydrogen-bond acceptors (Lipinski definition) is 8. The van der Waals surface area contributed by atoms with Crippen molar-refractivity contribution in [2.24, 2.45) is 5.73 Å². The zero-order valence-corrected chi connectivity index (χ0v) is 23.7. The number of carboxylic acids is 1. The fraction of sp³-hybridized carbons (Fsp3) is 0.161. The summed E-state index contributed by atoms with van der Waals surface area (Å²) in [6.45, 7) is 0. The van der Waals surface area contributed by atoms with Gasteiger partial charge in [-0.1, -0.05) is 54.6 Å². The number of fused-ring (bicyclic) bond motifs is 1. The number of carboxylic acid groups (broad SMARTS) is 1. The maximum atomic E-state index is 10.6. The monoisotopic (exact) mass is 615 g/mol. The average Bonchev–Trinajstić information content (AvgIpc) is 3.72. The summed E-state index contributed by atoms with van der Waals surface area (Å²) in [5.74, 6) is -1.55. The van der Waals surface area contributed by atoms with Crippen LogP contribution in [0.25, 0.3) is 55.5 Å². The molecule has 0 aliphatic heterocycles. The molecule has 1 aliphatic rings. The Morgan fingerprint density at radius 1 is 0.977 bits per heavy atom. The number of alkyl halides is 3. The molecule has 0 atom stereocenters. The number of halogens is 3. The van der Waals surface area contributed by atoms with E-state index in [1.165, 1.54) is 23.3 Å². The number of H-pyrrole nitrogens is 1. The second-order valence-corrected chi connectivity index (χ2v) is 11.1. The Labute approximate surface area is 252 Å². The molecule has 6 aromatic rings. The Balaban J connectivity index is 0.000000441. The standard InChI is InChI=1S/C29H23N7S.C2HF3O2/c30-29(12-4-13-29)20-9-7-19(8-10-20)25-21(18-5-2-1-3-6-18)15-22-23(33-25)11-14-32-26(22)28-34-27(35-36-28)24-16-31-17-37-24;3-2(4,5)1(6)7/h1-3,5-11,14-17H,4,12-13,30H2,(H,34,35,36);(H,6,7). The fourth-order valence-electron chi connectivity index (χ4n) is 4.95. The third kappa shape index (κ3) is 5.79. The quantitative estimate of drug-likeness (QED) is 0.191. The molecule has 13 heteroatoms. The maximum Gasteiger partial charge on any atom is 0.490 e. The van der Waals surface area contributed by atoms with E-state index in [1.54, 1.807) is 17.9 Å². The van der Waals surface area contributed by atoms with E-state index in [9.17, 15) is 13.2 Å². The van der Waals surface area contributed by atoms with E-state index in [4.69, 9.17) is 25.6 Å². The van der Waals surface area contributed by atoms with E-state index < -0.39 is 12.1 Å². The average molecular weight is 616 g/mol. The lowest BCUT2D eigenvalue weighted by Crippen LogP contribution is -2.43. The second-order valence-electron chi connectivity index (χ2n) is 10.2. The van der Waals surface area contributed by atoms with Crippen LogP contribution in [-0.2, 0) is 10.3 Å². The molecule has 7 rings (SSSR count). The third-order valence-corrected chi connectivity index (χ3v) is 8.18. The number of aromatic amines is 1. The normalized spacial score (nSPS) is 14.0. The molecule has 1 saturated carbocycles. The lowest BCUT2D eigenvalue weighted by molar-refractivity contribution is -0.192. The molecule has 9 nitrogen and oxygen atoms in total. The third-order valence-electron chi connectivity index (χ3n) is 7.41. The first-order valence-electron chi connectivity index (χ1n) is 13.5. The minimum absolute atomic E-state index is 0.187. The highest BCUT2D eigenvalue weighted by Gasteiger charge is 2.38. The predicted molar refractivity (Wildman–Crippen MR) is 160 cm³/mol. The molecular formula is C31H24F3N7O2S. The van der Waals surface area contributed by atoms with Crippen molar-refractivity contribution in [1.82, 2.24) is 30.1 Å². The van der Waals surface area contributed by atoms with Gasteiger partial charge < -0.3 is 10.8 Å². The smallest absolute Gasteiger partial charge is 0.475 e. The number of thiazole rings is 1. The number of nitrogens with two attached hydrogens (primary N) is 1. The summed E-state index contributed by atoms with van der Waals surface area (Å²) < 4.78 is 31.7. The molecule has 1 aliphatic carbocycles. The first-order chi connectivity index (χ1) is 21.1. The molecule has 0 amide bonds. The van der Waals surface area contributed by atoms with Crippen LogP contribution in [0, 0.1) is 0 Å². The summed E-state index contributed by atoms with van der Waals surface area (Å²) >= 11 is 1.50. The topological polar surface area (TPSA) is 144 Å². The Morgan fingerprint density at radius 3 is 2.32 bits per heavy atom. The zero-order valence-electron chi connectivity index (χ0n) is 22.9. The van der Waals surface area contributed by atoms with Crippen molar-refractivity contribution in [2.75, 3.05) is 0 Å². The summed E-state index contributed by atoms with van der Waals surface area (Å²) in [5.41, 5.74) is 15.0. The molecule has 0 radical (unpaired) electrons. The maximum absolute atomic E-state index is 10.6. The summed E-state index contributed by atoms with van der Waals surface area (Å²) in [7, 11) is 0. The number of nitrogens with zero attached hydrogens (tertiary/aromatic N) is 5. The Hall–Kier alpha value is -5.01. The van der Waals surface area contributed by atoms with Gasteiger partial charge >= 0.3 is 12.1 Å². The van der Waals surface area contributed by atoms with Crippen LogP contribution in [-0.4, -0.2) is 47.4 Å². The van der Waals surface area contributed by atoms with Crippen LogP contribution in [0.4, 0.5) is 13.2 Å². The lowest BCUT2D eigenvalue weighted by Gasteiger charge is -2.38. The van der Waals surface area contributed by atoms with Gasteiger partial charge in [0.2, 0.25) is 0 Å². The molecule has 4 aromatic heterocycles. The highest BCUT2D eigenvalue weighted by Crippen LogP contribution is 2.40. The van der Waals surface area contributed by atoms with Crippen molar-refractivity contribution in [3.63, 3.8) is 0 Å². The molecular weight excluding hydrogens is 591 g/mol. The van der Waals surface area contributed by atoms with Crippen LogP contribution in [0.3, 0.4) is 0 Å². The zero-order chi connectivity index (χ0) is 30.9. The number of pyridine rings is 2. The number of hydrogen-bond donors (Lipinski definition) is 3. The number of aliphatic carboxylic acids is 1. The van der Waals surface area contributed by atoms with E-state index in [1.807, 2.05) is 24.3 Å². The molecule has 4 heterocycles. The van der Waals surface area contributed by atoms with E-state index in [-0.39, 0.29) is 5.54 Å². The number of aromatic nitrogens is 6. The van der Waals surface area contributed by atoms with Crippen molar-refractivity contribution in [3.8, 4) is 44.6 Å². The van der Waals surface area contributed by atoms with Crippen LogP contribution in [0.1, 0.15) is 24.8 Å². The number of rotatable bonds is 5. The van der Waals surface area contributed by atoms with E-state index in [0.717, 1.165) is 51.0 Å². The van der Waals surface area contributed by atoms with Crippen LogP contribution in [0.5, 0.6) is 0 Å². The van der Waals surface area contributed by atoms with Crippen molar-refractivity contribution in [3.05, 3.63) is 90.2 Å². The lowest BCUT2D eigenvalue weighted by atomic mass is 9.72. The first kappa shape index (κ1) is 29.1. The Morgan fingerprint density at radius 2 is 1.70 bits per heavy atom. The van der Waals surface area contributed by atoms with Crippen molar-refractivity contribution < 1.29 is 23.1 Å². The van der Waals surface area contributed by atoms with Gasteiger partial charge in [0.15, 0.2) is 11.6 Å². The van der Waals surface area contributed by atoms with Crippen LogP contribution in [0.2, 0.25) is 0 Å².